The molecule has 0 aliphatic carbocycles. The first kappa shape index (κ1) is 10.6. The molecule has 1 aliphatic heterocycles. The Balaban J connectivity index is 2.63. The monoisotopic (exact) mass is 290 g/mol. The first-order valence-electron chi connectivity index (χ1n) is 3.52. The van der Waals surface area contributed by atoms with Crippen molar-refractivity contribution >= 4 is 22.6 Å². The maximum atomic E-state index is 9.31. The van der Waals surface area contributed by atoms with E-state index in [2.05, 4.69) is 0 Å². The predicted octanol–water partition coefficient (Wildman–Crippen LogP) is -1.78. The van der Waals surface area contributed by atoms with E-state index in [1.54, 1.807) is 22.6 Å². The number of alkyl halides is 1. The van der Waals surface area contributed by atoms with Gasteiger partial charge in [-0.2, -0.15) is 0 Å². The van der Waals surface area contributed by atoms with Gasteiger partial charge in [0.05, 0.1) is 16.6 Å². The van der Waals surface area contributed by atoms with E-state index in [9.17, 15) is 10.2 Å². The molecular formula is C6H11IO5. The Kier molecular flexibility index (Phi) is 3.68. The normalized spacial score (nSPS) is 49.2. The van der Waals surface area contributed by atoms with Gasteiger partial charge in [0.2, 0.25) is 0 Å². The van der Waals surface area contributed by atoms with E-state index in [-0.39, 0.29) is 0 Å². The van der Waals surface area contributed by atoms with Gasteiger partial charge in [-0.1, -0.05) is 22.6 Å². The van der Waals surface area contributed by atoms with E-state index < -0.39 is 35.1 Å². The zero-order valence-corrected chi connectivity index (χ0v) is 8.33. The van der Waals surface area contributed by atoms with Gasteiger partial charge >= 0.3 is 0 Å². The number of halogens is 1. The zero-order valence-electron chi connectivity index (χ0n) is 6.17. The van der Waals surface area contributed by atoms with Crippen LogP contribution in [0, 0.1) is 0 Å². The average Bonchev–Trinajstić information content (AvgIpc) is 2.08. The molecule has 1 rings (SSSR count). The standard InChI is InChI=1S/C6H11IO5/c7-3-5(10)4(9)2(1-8)12-6(3)11/h2-6,8-11H,1H2/t2-,3-,4+,5-,6?/m1/s1. The lowest BCUT2D eigenvalue weighted by Gasteiger charge is -2.37. The molecule has 0 amide bonds. The number of ether oxygens (including phenoxy) is 1. The van der Waals surface area contributed by atoms with Crippen molar-refractivity contribution in [1.29, 1.82) is 0 Å². The van der Waals surface area contributed by atoms with Gasteiger partial charge < -0.3 is 25.2 Å². The molecule has 4 N–H and O–H groups in total. The molecule has 0 aromatic carbocycles. The van der Waals surface area contributed by atoms with Crippen molar-refractivity contribution in [2.24, 2.45) is 0 Å². The second-order valence-electron chi connectivity index (χ2n) is 2.67. The third-order valence-electron chi connectivity index (χ3n) is 1.82. The molecule has 1 aliphatic rings. The Labute approximate surface area is 83.1 Å². The van der Waals surface area contributed by atoms with Crippen LogP contribution >= 0.6 is 22.6 Å². The highest BCUT2D eigenvalue weighted by molar-refractivity contribution is 14.1. The highest BCUT2D eigenvalue weighted by atomic mass is 127. The molecule has 5 atom stereocenters. The fourth-order valence-corrected chi connectivity index (χ4v) is 1.66. The highest BCUT2D eigenvalue weighted by Gasteiger charge is 2.41. The summed E-state index contributed by atoms with van der Waals surface area (Å²) in [4.78, 5) is 0. The minimum atomic E-state index is -1.14. The summed E-state index contributed by atoms with van der Waals surface area (Å²) in [6, 6.07) is 0. The molecule has 6 heteroatoms. The van der Waals surface area contributed by atoms with Crippen LogP contribution in [0.3, 0.4) is 0 Å². The minimum absolute atomic E-state index is 0.418. The van der Waals surface area contributed by atoms with Crippen LogP contribution < -0.4 is 0 Å². The third kappa shape index (κ3) is 1.88. The predicted molar refractivity (Wildman–Crippen MR) is 47.8 cm³/mol. The zero-order chi connectivity index (χ0) is 9.30. The van der Waals surface area contributed by atoms with E-state index in [0.717, 1.165) is 0 Å². The lowest BCUT2D eigenvalue weighted by Crippen LogP contribution is -2.56. The fraction of sp³-hybridized carbons (Fsp3) is 1.00. The van der Waals surface area contributed by atoms with Gasteiger partial charge in [-0.3, -0.25) is 0 Å². The number of hydrogen-bond acceptors (Lipinski definition) is 5. The van der Waals surface area contributed by atoms with E-state index >= 15 is 0 Å². The largest absolute Gasteiger partial charge is 0.394 e. The Morgan fingerprint density at radius 3 is 2.25 bits per heavy atom. The lowest BCUT2D eigenvalue weighted by molar-refractivity contribution is -0.231. The SMILES string of the molecule is OC[C@H]1OC(O)[C@H](I)[C@@H](O)[C@H]1O. The van der Waals surface area contributed by atoms with Crippen molar-refractivity contribution in [2.75, 3.05) is 6.61 Å². The molecule has 0 saturated carbocycles. The van der Waals surface area contributed by atoms with Crippen molar-refractivity contribution in [3.05, 3.63) is 0 Å². The van der Waals surface area contributed by atoms with Gasteiger partial charge in [0.25, 0.3) is 0 Å². The lowest BCUT2D eigenvalue weighted by atomic mass is 10.0. The molecule has 5 nitrogen and oxygen atoms in total. The van der Waals surface area contributed by atoms with Gasteiger partial charge in [0.15, 0.2) is 6.29 Å². The highest BCUT2D eigenvalue weighted by Crippen LogP contribution is 2.24. The summed E-state index contributed by atoms with van der Waals surface area (Å²) >= 11 is 1.78. The maximum absolute atomic E-state index is 9.31. The Morgan fingerprint density at radius 1 is 1.17 bits per heavy atom. The summed E-state index contributed by atoms with van der Waals surface area (Å²) in [5, 5.41) is 36.4. The Morgan fingerprint density at radius 2 is 1.75 bits per heavy atom. The fourth-order valence-electron chi connectivity index (χ4n) is 1.06. The van der Waals surface area contributed by atoms with Crippen LogP contribution in [-0.4, -0.2) is 55.6 Å². The van der Waals surface area contributed by atoms with E-state index in [4.69, 9.17) is 14.9 Å². The molecule has 0 spiro atoms. The summed E-state index contributed by atoms with van der Waals surface area (Å²) in [6.45, 7) is -0.418. The summed E-state index contributed by atoms with van der Waals surface area (Å²) in [7, 11) is 0. The summed E-state index contributed by atoms with van der Waals surface area (Å²) in [5.41, 5.74) is 0. The van der Waals surface area contributed by atoms with E-state index in [1.165, 1.54) is 0 Å². The van der Waals surface area contributed by atoms with Crippen molar-refractivity contribution < 1.29 is 25.2 Å². The third-order valence-corrected chi connectivity index (χ3v) is 3.18. The number of rotatable bonds is 1. The van der Waals surface area contributed by atoms with Crippen LogP contribution in [0.5, 0.6) is 0 Å². The topological polar surface area (TPSA) is 90.2 Å². The molecule has 0 radical (unpaired) electrons. The van der Waals surface area contributed by atoms with Gasteiger partial charge in [-0.25, -0.2) is 0 Å². The molecular weight excluding hydrogens is 279 g/mol. The van der Waals surface area contributed by atoms with E-state index in [1.807, 2.05) is 0 Å². The molecule has 72 valence electrons. The second kappa shape index (κ2) is 4.16. The van der Waals surface area contributed by atoms with Crippen LogP contribution in [0.1, 0.15) is 0 Å². The molecule has 1 saturated heterocycles. The summed E-state index contributed by atoms with van der Waals surface area (Å²) in [5.74, 6) is 0. The van der Waals surface area contributed by atoms with Gasteiger partial charge in [-0.15, -0.1) is 0 Å². The van der Waals surface area contributed by atoms with Gasteiger partial charge in [0, 0.05) is 0 Å². The summed E-state index contributed by atoms with van der Waals surface area (Å²) in [6.07, 6.45) is -4.24. The molecule has 0 aromatic rings. The first-order valence-corrected chi connectivity index (χ1v) is 4.77. The van der Waals surface area contributed by atoms with Crippen molar-refractivity contribution in [1.82, 2.24) is 0 Å². The maximum Gasteiger partial charge on any atom is 0.169 e. The van der Waals surface area contributed by atoms with Crippen LogP contribution in [0.4, 0.5) is 0 Å². The molecule has 1 heterocycles. The van der Waals surface area contributed by atoms with Gasteiger partial charge in [0.1, 0.15) is 12.2 Å². The van der Waals surface area contributed by atoms with Crippen LogP contribution in [-0.2, 0) is 4.74 Å². The molecule has 1 fully saturated rings. The van der Waals surface area contributed by atoms with Gasteiger partial charge in [-0.05, 0) is 0 Å². The quantitative estimate of drug-likeness (QED) is 0.339. The first-order chi connectivity index (χ1) is 5.57. The van der Waals surface area contributed by atoms with Crippen LogP contribution in [0.25, 0.3) is 0 Å². The number of hydrogen-bond donors (Lipinski definition) is 4. The van der Waals surface area contributed by atoms with Crippen LogP contribution in [0.15, 0.2) is 0 Å². The van der Waals surface area contributed by atoms with Crippen molar-refractivity contribution in [3.8, 4) is 0 Å². The molecule has 1 unspecified atom stereocenters. The Hall–Kier alpha value is 0.530. The van der Waals surface area contributed by atoms with Crippen molar-refractivity contribution in [2.45, 2.75) is 28.5 Å². The molecule has 0 bridgehead atoms. The number of aliphatic hydroxyl groups is 4. The minimum Gasteiger partial charge on any atom is -0.394 e. The smallest absolute Gasteiger partial charge is 0.169 e. The molecule has 0 aromatic heterocycles. The summed E-state index contributed by atoms with van der Waals surface area (Å²) < 4.78 is 4.25. The van der Waals surface area contributed by atoms with Crippen LogP contribution in [0.2, 0.25) is 0 Å². The number of aliphatic hydroxyl groups excluding tert-OH is 4. The van der Waals surface area contributed by atoms with E-state index in [0.29, 0.717) is 0 Å². The van der Waals surface area contributed by atoms with Crippen molar-refractivity contribution in [3.63, 3.8) is 0 Å². The Bertz CT molecular complexity index is 150. The average molecular weight is 290 g/mol. The molecule has 12 heavy (non-hydrogen) atoms. The second-order valence-corrected chi connectivity index (χ2v) is 4.11.